The van der Waals surface area contributed by atoms with E-state index in [0.29, 0.717) is 17.5 Å². The van der Waals surface area contributed by atoms with E-state index in [1.54, 1.807) is 0 Å². The van der Waals surface area contributed by atoms with Gasteiger partial charge in [0, 0.05) is 12.1 Å². The van der Waals surface area contributed by atoms with Crippen molar-refractivity contribution in [2.75, 3.05) is 5.32 Å². The van der Waals surface area contributed by atoms with Crippen LogP contribution in [0.1, 0.15) is 32.3 Å². The van der Waals surface area contributed by atoms with Crippen LogP contribution in [0.2, 0.25) is 0 Å². The first-order valence-corrected chi connectivity index (χ1v) is 6.59. The lowest BCUT2D eigenvalue weighted by Crippen LogP contribution is -2.34. The van der Waals surface area contributed by atoms with Crippen LogP contribution >= 0.6 is 12.2 Å². The lowest BCUT2D eigenvalue weighted by molar-refractivity contribution is -0.120. The zero-order valence-corrected chi connectivity index (χ0v) is 11.9. The Balaban J connectivity index is 2.44. The van der Waals surface area contributed by atoms with Gasteiger partial charge in [0.2, 0.25) is 5.91 Å². The number of aryl methyl sites for hydroxylation is 1. The van der Waals surface area contributed by atoms with Gasteiger partial charge in [-0.25, -0.2) is 0 Å². The molecule has 1 aromatic rings. The van der Waals surface area contributed by atoms with E-state index in [1.807, 2.05) is 31.2 Å². The molecular formula is C14H20N2OS. The quantitative estimate of drug-likeness (QED) is 0.820. The number of benzene rings is 1. The highest BCUT2D eigenvalue weighted by molar-refractivity contribution is 7.80. The first-order valence-electron chi connectivity index (χ1n) is 6.18. The second-order valence-corrected chi connectivity index (χ2v) is 5.00. The molecule has 1 atom stereocenters. The van der Waals surface area contributed by atoms with Crippen molar-refractivity contribution in [2.45, 2.75) is 33.6 Å². The van der Waals surface area contributed by atoms with E-state index < -0.39 is 0 Å². The summed E-state index contributed by atoms with van der Waals surface area (Å²) in [6, 6.07) is 7.85. The Morgan fingerprint density at radius 3 is 2.78 bits per heavy atom. The van der Waals surface area contributed by atoms with Gasteiger partial charge in [0.25, 0.3) is 0 Å². The van der Waals surface area contributed by atoms with E-state index in [4.69, 9.17) is 12.2 Å². The zero-order valence-electron chi connectivity index (χ0n) is 11.1. The molecule has 18 heavy (non-hydrogen) atoms. The van der Waals surface area contributed by atoms with Gasteiger partial charge >= 0.3 is 0 Å². The molecule has 1 rings (SSSR count). The number of anilines is 1. The molecule has 98 valence electrons. The van der Waals surface area contributed by atoms with Crippen molar-refractivity contribution in [3.8, 4) is 0 Å². The molecule has 0 spiro atoms. The Morgan fingerprint density at radius 2 is 2.17 bits per heavy atom. The molecule has 1 aromatic carbocycles. The summed E-state index contributed by atoms with van der Waals surface area (Å²) in [5.41, 5.74) is 2.04. The second-order valence-electron chi connectivity index (χ2n) is 4.59. The van der Waals surface area contributed by atoms with Gasteiger partial charge in [-0.05, 0) is 42.8 Å². The SMILES string of the molecule is CC[C@H](C)CC(=O)NC(=S)Nc1cccc(C)c1. The van der Waals surface area contributed by atoms with Crippen molar-refractivity contribution in [3.05, 3.63) is 29.8 Å². The minimum atomic E-state index is -0.0329. The van der Waals surface area contributed by atoms with E-state index in [2.05, 4.69) is 24.5 Å². The van der Waals surface area contributed by atoms with Gasteiger partial charge in [-0.15, -0.1) is 0 Å². The summed E-state index contributed by atoms with van der Waals surface area (Å²) in [7, 11) is 0. The Hall–Kier alpha value is -1.42. The van der Waals surface area contributed by atoms with Crippen LogP contribution in [0.15, 0.2) is 24.3 Å². The average Bonchev–Trinajstić information content (AvgIpc) is 2.28. The van der Waals surface area contributed by atoms with E-state index in [9.17, 15) is 4.79 Å². The van der Waals surface area contributed by atoms with Crippen LogP contribution in [0.4, 0.5) is 5.69 Å². The summed E-state index contributed by atoms with van der Waals surface area (Å²) in [5.74, 6) is 0.348. The van der Waals surface area contributed by atoms with Gasteiger partial charge in [0.1, 0.15) is 0 Å². The van der Waals surface area contributed by atoms with Crippen LogP contribution in [0.3, 0.4) is 0 Å². The van der Waals surface area contributed by atoms with Crippen LogP contribution in [0, 0.1) is 12.8 Å². The molecule has 0 fully saturated rings. The Morgan fingerprint density at radius 1 is 1.44 bits per heavy atom. The molecular weight excluding hydrogens is 244 g/mol. The number of nitrogens with one attached hydrogen (secondary N) is 2. The summed E-state index contributed by atoms with van der Waals surface area (Å²) >= 11 is 5.10. The van der Waals surface area contributed by atoms with Crippen LogP contribution in [0.25, 0.3) is 0 Å². The number of carbonyl (C=O) groups excluding carboxylic acids is 1. The highest BCUT2D eigenvalue weighted by atomic mass is 32.1. The predicted molar refractivity (Wildman–Crippen MR) is 79.6 cm³/mol. The fourth-order valence-corrected chi connectivity index (χ4v) is 1.76. The fraction of sp³-hybridized carbons (Fsp3) is 0.429. The first-order chi connectivity index (χ1) is 8.51. The monoisotopic (exact) mass is 264 g/mol. The molecule has 0 aromatic heterocycles. The number of hydrogen-bond acceptors (Lipinski definition) is 2. The van der Waals surface area contributed by atoms with Crippen molar-refractivity contribution in [3.63, 3.8) is 0 Å². The average molecular weight is 264 g/mol. The predicted octanol–water partition coefficient (Wildman–Crippen LogP) is 3.24. The Bertz CT molecular complexity index is 432. The lowest BCUT2D eigenvalue weighted by Gasteiger charge is -2.12. The molecule has 0 aliphatic rings. The van der Waals surface area contributed by atoms with Crippen LogP contribution in [-0.2, 0) is 4.79 Å². The summed E-state index contributed by atoms with van der Waals surface area (Å²) in [4.78, 5) is 11.6. The molecule has 0 heterocycles. The molecule has 1 amide bonds. The van der Waals surface area contributed by atoms with Gasteiger partial charge in [-0.1, -0.05) is 32.4 Å². The largest absolute Gasteiger partial charge is 0.332 e. The number of amides is 1. The van der Waals surface area contributed by atoms with Crippen LogP contribution in [0.5, 0.6) is 0 Å². The van der Waals surface area contributed by atoms with Crippen molar-refractivity contribution >= 4 is 28.9 Å². The highest BCUT2D eigenvalue weighted by Gasteiger charge is 2.08. The van der Waals surface area contributed by atoms with Crippen molar-refractivity contribution < 1.29 is 4.79 Å². The third-order valence-corrected chi connectivity index (χ3v) is 2.96. The van der Waals surface area contributed by atoms with E-state index in [-0.39, 0.29) is 5.91 Å². The smallest absolute Gasteiger partial charge is 0.226 e. The topological polar surface area (TPSA) is 41.1 Å². The van der Waals surface area contributed by atoms with E-state index >= 15 is 0 Å². The van der Waals surface area contributed by atoms with Gasteiger partial charge in [-0.3, -0.25) is 4.79 Å². The number of hydrogen-bond donors (Lipinski definition) is 2. The molecule has 0 radical (unpaired) electrons. The molecule has 0 bridgehead atoms. The maximum absolute atomic E-state index is 11.6. The molecule has 4 heteroatoms. The molecule has 3 nitrogen and oxygen atoms in total. The number of rotatable bonds is 4. The summed E-state index contributed by atoms with van der Waals surface area (Å²) < 4.78 is 0. The van der Waals surface area contributed by atoms with E-state index in [0.717, 1.165) is 17.7 Å². The normalized spacial score (nSPS) is 11.7. The molecule has 0 aliphatic heterocycles. The van der Waals surface area contributed by atoms with Crippen molar-refractivity contribution in [1.29, 1.82) is 0 Å². The molecule has 0 saturated heterocycles. The Labute approximate surface area is 114 Å². The molecule has 2 N–H and O–H groups in total. The standard InChI is InChI=1S/C14H20N2OS/c1-4-10(2)9-13(17)16-14(18)15-12-7-5-6-11(3)8-12/h5-8,10H,4,9H2,1-3H3,(H2,15,16,17,18)/t10-/m0/s1. The van der Waals surface area contributed by atoms with Crippen molar-refractivity contribution in [2.24, 2.45) is 5.92 Å². The fourth-order valence-electron chi connectivity index (χ4n) is 1.52. The maximum atomic E-state index is 11.6. The summed E-state index contributed by atoms with van der Waals surface area (Å²) in [6.07, 6.45) is 1.50. The van der Waals surface area contributed by atoms with Gasteiger partial charge in [0.15, 0.2) is 5.11 Å². The number of thiocarbonyl (C=S) groups is 1. The van der Waals surface area contributed by atoms with Crippen LogP contribution < -0.4 is 10.6 Å². The minimum absolute atomic E-state index is 0.0329. The van der Waals surface area contributed by atoms with Crippen molar-refractivity contribution in [1.82, 2.24) is 5.32 Å². The maximum Gasteiger partial charge on any atom is 0.226 e. The molecule has 0 aliphatic carbocycles. The molecule has 0 unspecified atom stereocenters. The van der Waals surface area contributed by atoms with Crippen LogP contribution in [-0.4, -0.2) is 11.0 Å². The summed E-state index contributed by atoms with van der Waals surface area (Å²) in [5, 5.41) is 6.05. The van der Waals surface area contributed by atoms with Gasteiger partial charge in [-0.2, -0.15) is 0 Å². The Kier molecular flexibility index (Phi) is 5.78. The highest BCUT2D eigenvalue weighted by Crippen LogP contribution is 2.09. The molecule has 0 saturated carbocycles. The summed E-state index contributed by atoms with van der Waals surface area (Å²) in [6.45, 7) is 6.13. The third kappa shape index (κ3) is 5.27. The first kappa shape index (κ1) is 14.6. The van der Waals surface area contributed by atoms with E-state index in [1.165, 1.54) is 0 Å². The second kappa shape index (κ2) is 7.11. The zero-order chi connectivity index (χ0) is 13.5. The van der Waals surface area contributed by atoms with Gasteiger partial charge in [0.05, 0.1) is 0 Å². The minimum Gasteiger partial charge on any atom is -0.332 e. The number of carbonyl (C=O) groups is 1. The van der Waals surface area contributed by atoms with Gasteiger partial charge < -0.3 is 10.6 Å². The lowest BCUT2D eigenvalue weighted by atomic mass is 10.1. The third-order valence-electron chi connectivity index (χ3n) is 2.76.